The first-order valence-corrected chi connectivity index (χ1v) is 4.95. The zero-order chi connectivity index (χ0) is 11.1. The molecule has 0 saturated carbocycles. The maximum absolute atomic E-state index is 11.5. The van der Waals surface area contributed by atoms with Crippen molar-refractivity contribution < 1.29 is 9.90 Å². The van der Waals surface area contributed by atoms with Crippen LogP contribution in [0.2, 0.25) is 0 Å². The van der Waals surface area contributed by atoms with Gasteiger partial charge in [-0.15, -0.1) is 0 Å². The third-order valence-corrected chi connectivity index (χ3v) is 2.08. The van der Waals surface area contributed by atoms with E-state index < -0.39 is 6.04 Å². The Morgan fingerprint density at radius 2 is 2.07 bits per heavy atom. The van der Waals surface area contributed by atoms with Crippen molar-refractivity contribution in [1.29, 1.82) is 0 Å². The Kier molecular flexibility index (Phi) is 4.80. The minimum Gasteiger partial charge on any atom is -0.396 e. The van der Waals surface area contributed by atoms with E-state index in [-0.39, 0.29) is 12.5 Å². The minimum atomic E-state index is -0.634. The number of hydrogen-bond acceptors (Lipinski definition) is 3. The fraction of sp³-hybridized carbons (Fsp3) is 0.364. The number of carbonyl (C=O) groups excluding carboxylic acids is 1. The van der Waals surface area contributed by atoms with Crippen molar-refractivity contribution in [1.82, 2.24) is 5.32 Å². The molecular weight excluding hydrogens is 192 g/mol. The average molecular weight is 208 g/mol. The highest BCUT2D eigenvalue weighted by molar-refractivity contribution is 5.82. The monoisotopic (exact) mass is 208 g/mol. The lowest BCUT2D eigenvalue weighted by Crippen LogP contribution is -2.34. The molecule has 0 unspecified atom stereocenters. The summed E-state index contributed by atoms with van der Waals surface area (Å²) >= 11 is 0. The van der Waals surface area contributed by atoms with Crippen LogP contribution in [-0.4, -0.2) is 24.2 Å². The highest BCUT2D eigenvalue weighted by atomic mass is 16.3. The molecule has 0 heterocycles. The van der Waals surface area contributed by atoms with E-state index in [0.717, 1.165) is 5.56 Å². The predicted molar refractivity (Wildman–Crippen MR) is 58.1 cm³/mol. The fourth-order valence-corrected chi connectivity index (χ4v) is 1.21. The maximum Gasteiger partial charge on any atom is 0.241 e. The van der Waals surface area contributed by atoms with Crippen molar-refractivity contribution in [2.75, 3.05) is 13.2 Å². The van der Waals surface area contributed by atoms with E-state index in [1.807, 2.05) is 30.3 Å². The number of rotatable bonds is 5. The summed E-state index contributed by atoms with van der Waals surface area (Å²) in [7, 11) is 0. The van der Waals surface area contributed by atoms with Crippen molar-refractivity contribution in [3.8, 4) is 0 Å². The summed E-state index contributed by atoms with van der Waals surface area (Å²) < 4.78 is 0. The molecule has 0 aliphatic rings. The molecule has 0 aromatic heterocycles. The van der Waals surface area contributed by atoms with Crippen LogP contribution in [-0.2, 0) is 4.79 Å². The standard InChI is InChI=1S/C11H16N2O2/c12-10(9-5-2-1-3-6-9)11(15)13-7-4-8-14/h1-3,5-6,10,14H,4,7-8,12H2,(H,13,15)/t10-/m0/s1. The Morgan fingerprint density at radius 1 is 1.40 bits per heavy atom. The second-order valence-electron chi connectivity index (χ2n) is 3.26. The van der Waals surface area contributed by atoms with Crippen LogP contribution in [0.15, 0.2) is 30.3 Å². The summed E-state index contributed by atoms with van der Waals surface area (Å²) in [5.41, 5.74) is 6.54. The second-order valence-corrected chi connectivity index (χ2v) is 3.26. The molecule has 0 spiro atoms. The SMILES string of the molecule is N[C@H](C(=O)NCCCO)c1ccccc1. The number of aliphatic hydroxyl groups excluding tert-OH is 1. The molecule has 1 aromatic carbocycles. The summed E-state index contributed by atoms with van der Waals surface area (Å²) in [6.07, 6.45) is 0.549. The predicted octanol–water partition coefficient (Wildman–Crippen LogP) is 0.185. The normalized spacial score (nSPS) is 12.1. The number of nitrogens with one attached hydrogen (secondary N) is 1. The molecule has 82 valence electrons. The van der Waals surface area contributed by atoms with Crippen LogP contribution in [0.4, 0.5) is 0 Å². The van der Waals surface area contributed by atoms with Crippen molar-refractivity contribution in [3.05, 3.63) is 35.9 Å². The van der Waals surface area contributed by atoms with Crippen LogP contribution in [0.25, 0.3) is 0 Å². The molecule has 0 fully saturated rings. The number of hydrogen-bond donors (Lipinski definition) is 3. The van der Waals surface area contributed by atoms with Gasteiger partial charge in [0.25, 0.3) is 0 Å². The molecule has 1 amide bonds. The average Bonchev–Trinajstić information content (AvgIpc) is 2.29. The Labute approximate surface area is 89.1 Å². The molecule has 1 atom stereocenters. The summed E-state index contributed by atoms with van der Waals surface area (Å²) in [5, 5.41) is 11.2. The molecule has 0 aliphatic carbocycles. The summed E-state index contributed by atoms with van der Waals surface area (Å²) in [6, 6.07) is 8.56. The third kappa shape index (κ3) is 3.69. The first-order chi connectivity index (χ1) is 7.25. The van der Waals surface area contributed by atoms with Crippen molar-refractivity contribution >= 4 is 5.91 Å². The maximum atomic E-state index is 11.5. The second kappa shape index (κ2) is 6.16. The zero-order valence-corrected chi connectivity index (χ0v) is 8.52. The van der Waals surface area contributed by atoms with Gasteiger partial charge in [0.15, 0.2) is 0 Å². The molecule has 1 aromatic rings. The van der Waals surface area contributed by atoms with Crippen LogP contribution < -0.4 is 11.1 Å². The Hall–Kier alpha value is -1.39. The van der Waals surface area contributed by atoms with Gasteiger partial charge in [0, 0.05) is 13.2 Å². The topological polar surface area (TPSA) is 75.4 Å². The molecule has 4 N–H and O–H groups in total. The van der Waals surface area contributed by atoms with Crippen LogP contribution in [0.1, 0.15) is 18.0 Å². The highest BCUT2D eigenvalue weighted by Gasteiger charge is 2.13. The molecule has 4 heteroatoms. The Balaban J connectivity index is 2.46. The largest absolute Gasteiger partial charge is 0.396 e. The van der Waals surface area contributed by atoms with Crippen LogP contribution in [0.5, 0.6) is 0 Å². The van der Waals surface area contributed by atoms with Gasteiger partial charge in [-0.25, -0.2) is 0 Å². The lowest BCUT2D eigenvalue weighted by atomic mass is 10.1. The molecule has 15 heavy (non-hydrogen) atoms. The lowest BCUT2D eigenvalue weighted by molar-refractivity contribution is -0.122. The summed E-state index contributed by atoms with van der Waals surface area (Å²) in [4.78, 5) is 11.5. The molecule has 4 nitrogen and oxygen atoms in total. The van der Waals surface area contributed by atoms with Crippen LogP contribution in [0.3, 0.4) is 0 Å². The molecule has 1 rings (SSSR count). The van der Waals surface area contributed by atoms with Gasteiger partial charge in [0.2, 0.25) is 5.91 Å². The molecule has 0 radical (unpaired) electrons. The van der Waals surface area contributed by atoms with Gasteiger partial charge in [0.1, 0.15) is 6.04 Å². The van der Waals surface area contributed by atoms with E-state index in [2.05, 4.69) is 5.32 Å². The third-order valence-electron chi connectivity index (χ3n) is 2.08. The van der Waals surface area contributed by atoms with Gasteiger partial charge in [-0.1, -0.05) is 30.3 Å². The number of nitrogens with two attached hydrogens (primary N) is 1. The lowest BCUT2D eigenvalue weighted by Gasteiger charge is -2.11. The van der Waals surface area contributed by atoms with E-state index in [9.17, 15) is 4.79 Å². The van der Waals surface area contributed by atoms with Gasteiger partial charge >= 0.3 is 0 Å². The van der Waals surface area contributed by atoms with E-state index in [0.29, 0.717) is 13.0 Å². The minimum absolute atomic E-state index is 0.0703. The van der Waals surface area contributed by atoms with E-state index >= 15 is 0 Å². The number of aliphatic hydroxyl groups is 1. The number of amides is 1. The first-order valence-electron chi connectivity index (χ1n) is 4.95. The van der Waals surface area contributed by atoms with Gasteiger partial charge < -0.3 is 16.2 Å². The smallest absolute Gasteiger partial charge is 0.241 e. The van der Waals surface area contributed by atoms with Crippen LogP contribution >= 0.6 is 0 Å². The summed E-state index contributed by atoms with van der Waals surface area (Å²) in [6.45, 7) is 0.525. The number of benzene rings is 1. The van der Waals surface area contributed by atoms with Gasteiger partial charge in [-0.2, -0.15) is 0 Å². The summed E-state index contributed by atoms with van der Waals surface area (Å²) in [5.74, 6) is -0.213. The number of carbonyl (C=O) groups is 1. The first kappa shape index (κ1) is 11.7. The van der Waals surface area contributed by atoms with Gasteiger partial charge in [-0.3, -0.25) is 4.79 Å². The van der Waals surface area contributed by atoms with Crippen molar-refractivity contribution in [2.45, 2.75) is 12.5 Å². The van der Waals surface area contributed by atoms with Crippen molar-refractivity contribution in [3.63, 3.8) is 0 Å². The van der Waals surface area contributed by atoms with E-state index in [4.69, 9.17) is 10.8 Å². The van der Waals surface area contributed by atoms with Crippen LogP contribution in [0, 0.1) is 0 Å². The van der Waals surface area contributed by atoms with Crippen molar-refractivity contribution in [2.24, 2.45) is 5.73 Å². The highest BCUT2D eigenvalue weighted by Crippen LogP contribution is 2.08. The fourth-order valence-electron chi connectivity index (χ4n) is 1.21. The molecule has 0 aliphatic heterocycles. The van der Waals surface area contributed by atoms with E-state index in [1.54, 1.807) is 0 Å². The van der Waals surface area contributed by atoms with E-state index in [1.165, 1.54) is 0 Å². The quantitative estimate of drug-likeness (QED) is 0.604. The molecule has 0 saturated heterocycles. The molecular formula is C11H16N2O2. The Morgan fingerprint density at radius 3 is 2.67 bits per heavy atom. The van der Waals surface area contributed by atoms with Gasteiger partial charge in [0.05, 0.1) is 0 Å². The molecule has 0 bridgehead atoms. The Bertz CT molecular complexity index is 301. The zero-order valence-electron chi connectivity index (χ0n) is 8.52. The van der Waals surface area contributed by atoms with Gasteiger partial charge in [-0.05, 0) is 12.0 Å².